The predicted octanol–water partition coefficient (Wildman–Crippen LogP) is 2.90. The van der Waals surface area contributed by atoms with Crippen molar-refractivity contribution in [2.24, 2.45) is 0 Å². The van der Waals surface area contributed by atoms with Gasteiger partial charge in [0, 0.05) is 51.5 Å². The SMILES string of the molecule is CN(C)c1ccc(C(=O)N2CCCN(C(=O)CCOc3ccccc3)CC2)cc1. The number of nitrogens with zero attached hydrogens (tertiary/aromatic N) is 3. The summed E-state index contributed by atoms with van der Waals surface area (Å²) < 4.78 is 5.63. The molecule has 1 fully saturated rings. The minimum Gasteiger partial charge on any atom is -0.493 e. The Hall–Kier alpha value is -3.02. The molecule has 1 saturated heterocycles. The molecule has 0 aliphatic carbocycles. The molecule has 0 atom stereocenters. The van der Waals surface area contributed by atoms with Gasteiger partial charge < -0.3 is 19.4 Å². The Morgan fingerprint density at radius 3 is 2.24 bits per heavy atom. The van der Waals surface area contributed by atoms with Crippen LogP contribution in [0.25, 0.3) is 0 Å². The summed E-state index contributed by atoms with van der Waals surface area (Å²) in [5, 5.41) is 0. The minimum absolute atomic E-state index is 0.0250. The molecule has 1 heterocycles. The van der Waals surface area contributed by atoms with Gasteiger partial charge in [0.05, 0.1) is 13.0 Å². The number of hydrogen-bond acceptors (Lipinski definition) is 4. The van der Waals surface area contributed by atoms with E-state index in [2.05, 4.69) is 0 Å². The zero-order valence-corrected chi connectivity index (χ0v) is 17.2. The van der Waals surface area contributed by atoms with E-state index in [0.29, 0.717) is 44.8 Å². The van der Waals surface area contributed by atoms with E-state index in [1.807, 2.05) is 83.4 Å². The van der Waals surface area contributed by atoms with E-state index in [4.69, 9.17) is 4.74 Å². The number of carbonyl (C=O) groups is 2. The second-order valence-corrected chi connectivity index (χ2v) is 7.38. The number of rotatable bonds is 6. The van der Waals surface area contributed by atoms with Gasteiger partial charge in [0.15, 0.2) is 0 Å². The van der Waals surface area contributed by atoms with Crippen LogP contribution < -0.4 is 9.64 Å². The third-order valence-corrected chi connectivity index (χ3v) is 5.09. The Bertz CT molecular complexity index is 806. The molecule has 2 amide bonds. The van der Waals surface area contributed by atoms with Gasteiger partial charge in [-0.3, -0.25) is 9.59 Å². The molecule has 2 aromatic carbocycles. The Balaban J connectivity index is 1.48. The third kappa shape index (κ3) is 5.73. The maximum absolute atomic E-state index is 12.8. The van der Waals surface area contributed by atoms with Crippen LogP contribution in [-0.4, -0.2) is 68.5 Å². The number of carbonyl (C=O) groups excluding carboxylic acids is 2. The van der Waals surface area contributed by atoms with Crippen LogP contribution in [0.1, 0.15) is 23.2 Å². The normalized spacial score (nSPS) is 14.3. The lowest BCUT2D eigenvalue weighted by Crippen LogP contribution is -2.37. The molecule has 0 saturated carbocycles. The average Bonchev–Trinajstić information content (AvgIpc) is 3.00. The number of anilines is 1. The Morgan fingerprint density at radius 2 is 1.55 bits per heavy atom. The summed E-state index contributed by atoms with van der Waals surface area (Å²) >= 11 is 0. The van der Waals surface area contributed by atoms with Crippen molar-refractivity contribution in [1.82, 2.24) is 9.80 Å². The van der Waals surface area contributed by atoms with Crippen molar-refractivity contribution in [1.29, 1.82) is 0 Å². The van der Waals surface area contributed by atoms with Crippen LogP contribution >= 0.6 is 0 Å². The molecule has 0 spiro atoms. The van der Waals surface area contributed by atoms with Gasteiger partial charge in [0.1, 0.15) is 5.75 Å². The van der Waals surface area contributed by atoms with Gasteiger partial charge in [0.25, 0.3) is 5.91 Å². The maximum atomic E-state index is 12.8. The lowest BCUT2D eigenvalue weighted by molar-refractivity contribution is -0.131. The zero-order valence-electron chi connectivity index (χ0n) is 17.2. The number of amides is 2. The van der Waals surface area contributed by atoms with Gasteiger partial charge in [-0.15, -0.1) is 0 Å². The summed E-state index contributed by atoms with van der Waals surface area (Å²) in [5.41, 5.74) is 1.75. The lowest BCUT2D eigenvalue weighted by Gasteiger charge is -2.22. The molecule has 0 bridgehead atoms. The molecule has 0 N–H and O–H groups in total. The standard InChI is InChI=1S/C23H29N3O3/c1-24(2)20-11-9-19(10-12-20)23(28)26-15-6-14-25(16-17-26)22(27)13-18-29-21-7-4-3-5-8-21/h3-5,7-12H,6,13-18H2,1-2H3. The van der Waals surface area contributed by atoms with Crippen molar-refractivity contribution in [2.75, 3.05) is 51.8 Å². The van der Waals surface area contributed by atoms with Gasteiger partial charge in [-0.25, -0.2) is 0 Å². The summed E-state index contributed by atoms with van der Waals surface area (Å²) in [6.45, 7) is 2.82. The molecule has 1 aliphatic rings. The summed E-state index contributed by atoms with van der Waals surface area (Å²) in [5.74, 6) is 0.871. The summed E-state index contributed by atoms with van der Waals surface area (Å²) in [4.78, 5) is 31.0. The van der Waals surface area contributed by atoms with Gasteiger partial charge in [-0.05, 0) is 42.8 Å². The monoisotopic (exact) mass is 395 g/mol. The van der Waals surface area contributed by atoms with E-state index in [-0.39, 0.29) is 11.8 Å². The second kappa shape index (κ2) is 9.96. The minimum atomic E-state index is 0.0250. The van der Waals surface area contributed by atoms with Crippen molar-refractivity contribution in [3.8, 4) is 5.75 Å². The molecule has 0 unspecified atom stereocenters. The van der Waals surface area contributed by atoms with Gasteiger partial charge >= 0.3 is 0 Å². The molecule has 29 heavy (non-hydrogen) atoms. The smallest absolute Gasteiger partial charge is 0.253 e. The van der Waals surface area contributed by atoms with Crippen molar-refractivity contribution < 1.29 is 14.3 Å². The molecular formula is C23H29N3O3. The van der Waals surface area contributed by atoms with E-state index in [1.54, 1.807) is 0 Å². The lowest BCUT2D eigenvalue weighted by atomic mass is 10.1. The van der Waals surface area contributed by atoms with Crippen LogP contribution in [0.4, 0.5) is 5.69 Å². The van der Waals surface area contributed by atoms with Gasteiger partial charge in [-0.1, -0.05) is 18.2 Å². The Labute approximate surface area is 172 Å². The largest absolute Gasteiger partial charge is 0.493 e. The van der Waals surface area contributed by atoms with Gasteiger partial charge in [-0.2, -0.15) is 0 Å². The number of ether oxygens (including phenoxy) is 1. The molecule has 0 aromatic heterocycles. The van der Waals surface area contributed by atoms with Gasteiger partial charge in [0.2, 0.25) is 5.91 Å². The molecule has 6 nitrogen and oxygen atoms in total. The molecule has 2 aromatic rings. The van der Waals surface area contributed by atoms with Crippen LogP contribution in [0.5, 0.6) is 5.75 Å². The van der Waals surface area contributed by atoms with Crippen LogP contribution in [-0.2, 0) is 4.79 Å². The number of para-hydroxylation sites is 1. The Kier molecular flexibility index (Phi) is 7.11. The highest BCUT2D eigenvalue weighted by atomic mass is 16.5. The first-order chi connectivity index (χ1) is 14.0. The molecule has 1 aliphatic heterocycles. The summed E-state index contributed by atoms with van der Waals surface area (Å²) in [6.07, 6.45) is 1.13. The van der Waals surface area contributed by atoms with E-state index < -0.39 is 0 Å². The van der Waals surface area contributed by atoms with E-state index in [9.17, 15) is 9.59 Å². The van der Waals surface area contributed by atoms with Crippen LogP contribution in [0.15, 0.2) is 54.6 Å². The fourth-order valence-electron chi connectivity index (χ4n) is 3.39. The topological polar surface area (TPSA) is 53.1 Å². The van der Waals surface area contributed by atoms with Crippen LogP contribution in [0.3, 0.4) is 0 Å². The van der Waals surface area contributed by atoms with E-state index in [1.165, 1.54) is 0 Å². The highest BCUT2D eigenvalue weighted by Crippen LogP contribution is 2.15. The molecule has 154 valence electrons. The first kappa shape index (κ1) is 20.7. The third-order valence-electron chi connectivity index (χ3n) is 5.09. The maximum Gasteiger partial charge on any atom is 0.253 e. The van der Waals surface area contributed by atoms with Crippen molar-refractivity contribution in [2.45, 2.75) is 12.8 Å². The van der Waals surface area contributed by atoms with Crippen LogP contribution in [0.2, 0.25) is 0 Å². The first-order valence-electron chi connectivity index (χ1n) is 10.1. The summed E-state index contributed by atoms with van der Waals surface area (Å²) in [7, 11) is 3.95. The zero-order chi connectivity index (χ0) is 20.6. The highest BCUT2D eigenvalue weighted by molar-refractivity contribution is 5.94. The second-order valence-electron chi connectivity index (χ2n) is 7.38. The fraction of sp³-hybridized carbons (Fsp3) is 0.391. The molecule has 0 radical (unpaired) electrons. The number of hydrogen-bond donors (Lipinski definition) is 0. The predicted molar refractivity (Wildman–Crippen MR) is 114 cm³/mol. The molecule has 3 rings (SSSR count). The quantitative estimate of drug-likeness (QED) is 0.755. The van der Waals surface area contributed by atoms with Crippen molar-refractivity contribution in [3.63, 3.8) is 0 Å². The first-order valence-corrected chi connectivity index (χ1v) is 10.1. The molecular weight excluding hydrogens is 366 g/mol. The fourth-order valence-corrected chi connectivity index (χ4v) is 3.39. The van der Waals surface area contributed by atoms with E-state index >= 15 is 0 Å². The average molecular weight is 396 g/mol. The van der Waals surface area contributed by atoms with E-state index in [0.717, 1.165) is 17.9 Å². The van der Waals surface area contributed by atoms with Crippen molar-refractivity contribution in [3.05, 3.63) is 60.2 Å². The number of benzene rings is 2. The highest BCUT2D eigenvalue weighted by Gasteiger charge is 2.22. The van der Waals surface area contributed by atoms with Crippen molar-refractivity contribution >= 4 is 17.5 Å². The Morgan fingerprint density at radius 1 is 0.897 bits per heavy atom. The molecule has 6 heteroatoms. The summed E-state index contributed by atoms with van der Waals surface area (Å²) in [6, 6.07) is 17.1. The van der Waals surface area contributed by atoms with Crippen LogP contribution in [0, 0.1) is 0 Å².